The maximum absolute atomic E-state index is 11.6. The van der Waals surface area contributed by atoms with Gasteiger partial charge in [0.25, 0.3) is 0 Å². The molecule has 0 bridgehead atoms. The van der Waals surface area contributed by atoms with Crippen molar-refractivity contribution in [1.82, 2.24) is 5.32 Å². The normalized spacial score (nSPS) is 21.1. The molecule has 1 amide bonds. The number of amides is 1. The van der Waals surface area contributed by atoms with Gasteiger partial charge in [0.2, 0.25) is 5.91 Å². The number of nitriles is 1. The number of carbonyl (C=O) groups is 2. The van der Waals surface area contributed by atoms with Crippen LogP contribution in [0.2, 0.25) is 0 Å². The van der Waals surface area contributed by atoms with E-state index in [9.17, 15) is 9.59 Å². The number of carbonyl (C=O) groups excluding carboxylic acids is 2. The van der Waals surface area contributed by atoms with Gasteiger partial charge in [0.15, 0.2) is 11.7 Å². The van der Waals surface area contributed by atoms with Crippen molar-refractivity contribution in [3.63, 3.8) is 0 Å². The molecule has 0 heterocycles. The molecule has 0 unspecified atom stereocenters. The number of aldehydes is 1. The average molecular weight is 226 g/mol. The van der Waals surface area contributed by atoms with Crippen LogP contribution in [0.5, 0.6) is 0 Å². The largest absolute Gasteiger partial charge is 0.357 e. The lowest BCUT2D eigenvalue weighted by Crippen LogP contribution is -2.29. The summed E-state index contributed by atoms with van der Waals surface area (Å²) in [5.74, 6) is -0.365. The molecule has 1 aliphatic carbocycles. The van der Waals surface area contributed by atoms with Crippen LogP contribution in [0.4, 0.5) is 0 Å². The van der Waals surface area contributed by atoms with Crippen LogP contribution in [0, 0.1) is 16.7 Å². The summed E-state index contributed by atoms with van der Waals surface area (Å²) in [5.41, 5.74) is 0.530. The molecule has 1 aromatic carbocycles. The minimum Gasteiger partial charge on any atom is -0.357 e. The molecule has 2 rings (SSSR count). The third kappa shape index (κ3) is 1.53. The van der Waals surface area contributed by atoms with Crippen LogP contribution in [-0.4, -0.2) is 19.2 Å². The second-order valence-electron chi connectivity index (χ2n) is 3.76. The van der Waals surface area contributed by atoms with Crippen LogP contribution in [0.1, 0.15) is 15.9 Å². The predicted octanol–water partition coefficient (Wildman–Crippen LogP) is 1.15. The zero-order valence-electron chi connectivity index (χ0n) is 9.23. The van der Waals surface area contributed by atoms with Crippen molar-refractivity contribution in [1.29, 1.82) is 5.26 Å². The van der Waals surface area contributed by atoms with Gasteiger partial charge in [-0.3, -0.25) is 9.59 Å². The van der Waals surface area contributed by atoms with Gasteiger partial charge in [-0.25, -0.2) is 0 Å². The molecule has 84 valence electrons. The second-order valence-corrected chi connectivity index (χ2v) is 3.76. The SMILES string of the molecule is CNC(=O)[C@]1(C#N)C=C1c1ccccc1C=O. The Hall–Kier alpha value is -2.41. The zero-order chi connectivity index (χ0) is 12.5. The molecule has 1 N–H and O–H groups in total. The molecular formula is C13H10N2O2. The van der Waals surface area contributed by atoms with Gasteiger partial charge < -0.3 is 5.32 Å². The highest BCUT2D eigenvalue weighted by Gasteiger charge is 2.52. The zero-order valence-corrected chi connectivity index (χ0v) is 9.23. The Kier molecular flexibility index (Phi) is 2.52. The summed E-state index contributed by atoms with van der Waals surface area (Å²) in [4.78, 5) is 22.5. The molecule has 0 saturated heterocycles. The second kappa shape index (κ2) is 3.87. The summed E-state index contributed by atoms with van der Waals surface area (Å²) >= 11 is 0. The maximum Gasteiger partial charge on any atom is 0.248 e. The Morgan fingerprint density at radius 1 is 1.47 bits per heavy atom. The van der Waals surface area contributed by atoms with Crippen molar-refractivity contribution in [2.45, 2.75) is 0 Å². The smallest absolute Gasteiger partial charge is 0.248 e. The number of nitrogens with zero attached hydrogens (tertiary/aromatic N) is 1. The van der Waals surface area contributed by atoms with E-state index in [2.05, 4.69) is 5.32 Å². The number of rotatable bonds is 3. The fourth-order valence-corrected chi connectivity index (χ4v) is 1.84. The Balaban J connectivity index is 2.40. The van der Waals surface area contributed by atoms with Gasteiger partial charge in [0.1, 0.15) is 0 Å². The summed E-state index contributed by atoms with van der Waals surface area (Å²) in [5, 5.41) is 11.6. The molecule has 4 heteroatoms. The lowest BCUT2D eigenvalue weighted by Gasteiger charge is -2.09. The van der Waals surface area contributed by atoms with Crippen molar-refractivity contribution in [3.05, 3.63) is 41.5 Å². The molecule has 0 radical (unpaired) electrons. The third-order valence-corrected chi connectivity index (χ3v) is 2.84. The van der Waals surface area contributed by atoms with E-state index < -0.39 is 5.41 Å². The van der Waals surface area contributed by atoms with E-state index in [0.717, 1.165) is 6.29 Å². The summed E-state index contributed by atoms with van der Waals surface area (Å²) in [7, 11) is 1.48. The quantitative estimate of drug-likeness (QED) is 0.786. The molecule has 0 fully saturated rings. The van der Waals surface area contributed by atoms with Gasteiger partial charge in [-0.05, 0) is 17.2 Å². The topological polar surface area (TPSA) is 70.0 Å². The van der Waals surface area contributed by atoms with Crippen LogP contribution >= 0.6 is 0 Å². The Labute approximate surface area is 98.6 Å². The van der Waals surface area contributed by atoms with Gasteiger partial charge in [-0.1, -0.05) is 24.3 Å². The number of hydrogen-bond acceptors (Lipinski definition) is 3. The lowest BCUT2D eigenvalue weighted by atomic mass is 9.94. The van der Waals surface area contributed by atoms with Crippen molar-refractivity contribution >= 4 is 17.8 Å². The van der Waals surface area contributed by atoms with E-state index in [1.165, 1.54) is 7.05 Å². The van der Waals surface area contributed by atoms with E-state index in [1.807, 2.05) is 6.07 Å². The van der Waals surface area contributed by atoms with Crippen molar-refractivity contribution in [3.8, 4) is 6.07 Å². The van der Waals surface area contributed by atoms with E-state index in [-0.39, 0.29) is 5.91 Å². The predicted molar refractivity (Wildman–Crippen MR) is 61.9 cm³/mol. The first kappa shape index (κ1) is 11.1. The first-order chi connectivity index (χ1) is 8.19. The van der Waals surface area contributed by atoms with Crippen LogP contribution < -0.4 is 5.32 Å². The van der Waals surface area contributed by atoms with E-state index in [4.69, 9.17) is 5.26 Å². The van der Waals surface area contributed by atoms with E-state index in [0.29, 0.717) is 16.7 Å². The molecule has 1 aromatic rings. The molecule has 0 aliphatic heterocycles. The summed E-state index contributed by atoms with van der Waals surface area (Å²) in [6, 6.07) is 8.89. The highest BCUT2D eigenvalue weighted by Crippen LogP contribution is 2.51. The highest BCUT2D eigenvalue weighted by atomic mass is 16.2. The lowest BCUT2D eigenvalue weighted by molar-refractivity contribution is -0.122. The molecule has 0 aromatic heterocycles. The summed E-state index contributed by atoms with van der Waals surface area (Å²) < 4.78 is 0. The van der Waals surface area contributed by atoms with Gasteiger partial charge in [-0.2, -0.15) is 5.26 Å². The van der Waals surface area contributed by atoms with Gasteiger partial charge in [0.05, 0.1) is 6.07 Å². The first-order valence-electron chi connectivity index (χ1n) is 5.11. The van der Waals surface area contributed by atoms with Crippen LogP contribution in [0.25, 0.3) is 5.57 Å². The fraction of sp³-hybridized carbons (Fsp3) is 0.154. The van der Waals surface area contributed by atoms with Crippen molar-refractivity contribution < 1.29 is 9.59 Å². The van der Waals surface area contributed by atoms with E-state index >= 15 is 0 Å². The molecule has 1 aliphatic rings. The van der Waals surface area contributed by atoms with E-state index in [1.54, 1.807) is 30.3 Å². The Morgan fingerprint density at radius 3 is 2.76 bits per heavy atom. The number of hydrogen-bond donors (Lipinski definition) is 1. The Bertz CT molecular complexity index is 569. The maximum atomic E-state index is 11.6. The molecule has 17 heavy (non-hydrogen) atoms. The van der Waals surface area contributed by atoms with Crippen LogP contribution in [-0.2, 0) is 4.79 Å². The van der Waals surface area contributed by atoms with Gasteiger partial charge in [0, 0.05) is 12.6 Å². The highest BCUT2D eigenvalue weighted by molar-refractivity contribution is 6.12. The number of benzene rings is 1. The molecule has 4 nitrogen and oxygen atoms in total. The van der Waals surface area contributed by atoms with Crippen LogP contribution in [0.15, 0.2) is 30.3 Å². The van der Waals surface area contributed by atoms with Crippen molar-refractivity contribution in [2.75, 3.05) is 7.05 Å². The summed E-state index contributed by atoms with van der Waals surface area (Å²) in [6.45, 7) is 0. The molecular weight excluding hydrogens is 216 g/mol. The molecule has 1 atom stereocenters. The number of nitrogens with one attached hydrogen (secondary N) is 1. The monoisotopic (exact) mass is 226 g/mol. The van der Waals surface area contributed by atoms with Crippen molar-refractivity contribution in [2.24, 2.45) is 5.41 Å². The Morgan fingerprint density at radius 2 is 2.18 bits per heavy atom. The van der Waals surface area contributed by atoms with Crippen LogP contribution in [0.3, 0.4) is 0 Å². The standard InChI is InChI=1S/C13H10N2O2/c1-15-12(17)13(8-14)6-11(13)10-5-3-2-4-9(10)7-16/h2-7H,1H3,(H,15,17)/t13-/m0/s1. The minimum absolute atomic E-state index is 0.365. The summed E-state index contributed by atoms with van der Waals surface area (Å²) in [6.07, 6.45) is 2.30. The fourth-order valence-electron chi connectivity index (χ4n) is 1.84. The minimum atomic E-state index is -1.20. The third-order valence-electron chi connectivity index (χ3n) is 2.84. The molecule has 0 saturated carbocycles. The van der Waals surface area contributed by atoms with Gasteiger partial charge in [-0.15, -0.1) is 0 Å². The van der Waals surface area contributed by atoms with Gasteiger partial charge >= 0.3 is 0 Å². The average Bonchev–Trinajstić information content (AvgIpc) is 3.13. The first-order valence-corrected chi connectivity index (χ1v) is 5.11. The molecule has 0 spiro atoms.